The second-order valence-electron chi connectivity index (χ2n) is 6.20. The molecule has 0 heterocycles. The lowest BCUT2D eigenvalue weighted by atomic mass is 10.1. The van der Waals surface area contributed by atoms with Gasteiger partial charge in [0.2, 0.25) is 11.8 Å². The Hall–Kier alpha value is -1.98. The Kier molecular flexibility index (Phi) is 7.54. The summed E-state index contributed by atoms with van der Waals surface area (Å²) in [5.41, 5.74) is 3.85. The smallest absolute Gasteiger partial charge is 0.243 e. The molecule has 0 bridgehead atoms. The first kappa shape index (κ1) is 20.3. The Balaban J connectivity index is 1.80. The molecular formula is C20H23ClN2O2S. The summed E-state index contributed by atoms with van der Waals surface area (Å²) in [5, 5.41) is 3.57. The lowest BCUT2D eigenvalue weighted by molar-refractivity contribution is -0.131. The molecule has 0 saturated heterocycles. The van der Waals surface area contributed by atoms with E-state index in [0.717, 1.165) is 22.4 Å². The van der Waals surface area contributed by atoms with Crippen LogP contribution in [-0.2, 0) is 15.3 Å². The normalized spacial score (nSPS) is 10.5. The Morgan fingerprint density at radius 3 is 2.62 bits per heavy atom. The zero-order valence-electron chi connectivity index (χ0n) is 15.2. The highest BCUT2D eigenvalue weighted by Crippen LogP contribution is 2.21. The van der Waals surface area contributed by atoms with Gasteiger partial charge in [-0.3, -0.25) is 9.59 Å². The van der Waals surface area contributed by atoms with Crippen molar-refractivity contribution in [2.24, 2.45) is 0 Å². The number of hydrogen-bond acceptors (Lipinski definition) is 3. The van der Waals surface area contributed by atoms with Crippen molar-refractivity contribution in [3.8, 4) is 0 Å². The van der Waals surface area contributed by atoms with Crippen LogP contribution in [0, 0.1) is 13.8 Å². The number of amides is 2. The largest absolute Gasteiger partial charge is 0.336 e. The molecule has 138 valence electrons. The number of aryl methyl sites for hydroxylation is 2. The highest BCUT2D eigenvalue weighted by molar-refractivity contribution is 7.99. The summed E-state index contributed by atoms with van der Waals surface area (Å²) >= 11 is 7.60. The predicted molar refractivity (Wildman–Crippen MR) is 110 cm³/mol. The summed E-state index contributed by atoms with van der Waals surface area (Å²) in [4.78, 5) is 25.9. The Bertz CT molecular complexity index is 795. The second-order valence-corrected chi connectivity index (χ2v) is 7.59. The first-order chi connectivity index (χ1) is 12.4. The number of halogens is 1. The average Bonchev–Trinajstić information content (AvgIpc) is 2.59. The molecule has 0 spiro atoms. The number of carbonyl (C=O) groups is 2. The van der Waals surface area contributed by atoms with E-state index in [9.17, 15) is 9.59 Å². The topological polar surface area (TPSA) is 49.4 Å². The summed E-state index contributed by atoms with van der Waals surface area (Å²) in [5.74, 6) is 0.677. The monoisotopic (exact) mass is 390 g/mol. The van der Waals surface area contributed by atoms with Crippen molar-refractivity contribution >= 4 is 40.9 Å². The number of rotatable bonds is 7. The van der Waals surface area contributed by atoms with Gasteiger partial charge in [0.25, 0.3) is 0 Å². The molecule has 0 aliphatic rings. The van der Waals surface area contributed by atoms with E-state index >= 15 is 0 Å². The molecule has 2 aromatic carbocycles. The van der Waals surface area contributed by atoms with Gasteiger partial charge in [0.05, 0.1) is 12.3 Å². The fourth-order valence-corrected chi connectivity index (χ4v) is 3.59. The first-order valence-electron chi connectivity index (χ1n) is 8.29. The van der Waals surface area contributed by atoms with Gasteiger partial charge in [-0.1, -0.05) is 41.9 Å². The van der Waals surface area contributed by atoms with Gasteiger partial charge in [-0.25, -0.2) is 0 Å². The minimum Gasteiger partial charge on any atom is -0.336 e. The first-order valence-corrected chi connectivity index (χ1v) is 9.82. The van der Waals surface area contributed by atoms with Gasteiger partial charge >= 0.3 is 0 Å². The predicted octanol–water partition coefficient (Wildman–Crippen LogP) is 4.29. The second kappa shape index (κ2) is 9.64. The molecule has 0 atom stereocenters. The fourth-order valence-electron chi connectivity index (χ4n) is 2.34. The van der Waals surface area contributed by atoms with Gasteiger partial charge < -0.3 is 10.2 Å². The highest BCUT2D eigenvalue weighted by atomic mass is 35.5. The van der Waals surface area contributed by atoms with Gasteiger partial charge in [0.1, 0.15) is 0 Å². The van der Waals surface area contributed by atoms with Gasteiger partial charge in [0.15, 0.2) is 0 Å². The van der Waals surface area contributed by atoms with Crippen LogP contribution in [0.3, 0.4) is 0 Å². The third kappa shape index (κ3) is 6.07. The molecule has 2 rings (SSSR count). The molecule has 0 aromatic heterocycles. The molecule has 6 heteroatoms. The maximum absolute atomic E-state index is 12.2. The van der Waals surface area contributed by atoms with Crippen LogP contribution in [0.5, 0.6) is 0 Å². The van der Waals surface area contributed by atoms with Crippen molar-refractivity contribution in [1.82, 2.24) is 4.90 Å². The average molecular weight is 391 g/mol. The van der Waals surface area contributed by atoms with Gasteiger partial charge in [0, 0.05) is 23.5 Å². The summed E-state index contributed by atoms with van der Waals surface area (Å²) < 4.78 is 0. The van der Waals surface area contributed by atoms with Crippen LogP contribution in [0.1, 0.15) is 16.7 Å². The molecule has 0 aliphatic heterocycles. The van der Waals surface area contributed by atoms with Crippen molar-refractivity contribution in [2.75, 3.05) is 24.7 Å². The highest BCUT2D eigenvalue weighted by Gasteiger charge is 2.14. The maximum atomic E-state index is 12.2. The summed E-state index contributed by atoms with van der Waals surface area (Å²) in [6.45, 7) is 3.94. The van der Waals surface area contributed by atoms with Crippen molar-refractivity contribution in [3.63, 3.8) is 0 Å². The third-order valence-electron chi connectivity index (χ3n) is 3.91. The van der Waals surface area contributed by atoms with E-state index in [1.54, 1.807) is 7.05 Å². The number of anilines is 1. The Morgan fingerprint density at radius 1 is 1.15 bits per heavy atom. The lowest BCUT2D eigenvalue weighted by Gasteiger charge is -2.17. The minimum absolute atomic E-state index is 0.0267. The molecular weight excluding hydrogens is 368 g/mol. The van der Waals surface area contributed by atoms with Crippen LogP contribution in [0.4, 0.5) is 5.69 Å². The molecule has 4 nitrogen and oxygen atoms in total. The van der Waals surface area contributed by atoms with E-state index in [0.29, 0.717) is 16.5 Å². The molecule has 2 aromatic rings. The molecule has 0 unspecified atom stereocenters. The van der Waals surface area contributed by atoms with Crippen LogP contribution in [0.2, 0.25) is 5.02 Å². The lowest BCUT2D eigenvalue weighted by Crippen LogP contribution is -2.36. The van der Waals surface area contributed by atoms with E-state index in [-0.39, 0.29) is 18.4 Å². The molecule has 2 amide bonds. The van der Waals surface area contributed by atoms with Gasteiger partial charge in [-0.15, -0.1) is 11.8 Å². The van der Waals surface area contributed by atoms with E-state index in [2.05, 4.69) is 5.32 Å². The zero-order valence-corrected chi connectivity index (χ0v) is 16.8. The number of benzene rings is 2. The van der Waals surface area contributed by atoms with Crippen molar-refractivity contribution in [1.29, 1.82) is 0 Å². The van der Waals surface area contributed by atoms with Crippen LogP contribution in [-0.4, -0.2) is 36.1 Å². The Labute approximate surface area is 163 Å². The fraction of sp³-hybridized carbons (Fsp3) is 0.300. The van der Waals surface area contributed by atoms with Crippen LogP contribution in [0.15, 0.2) is 42.5 Å². The van der Waals surface area contributed by atoms with E-state index in [4.69, 9.17) is 11.6 Å². The number of nitrogens with one attached hydrogen (secondary N) is 1. The van der Waals surface area contributed by atoms with Crippen molar-refractivity contribution in [2.45, 2.75) is 19.6 Å². The van der Waals surface area contributed by atoms with E-state index in [1.165, 1.54) is 16.7 Å². The number of nitrogens with zero attached hydrogens (tertiary/aromatic N) is 1. The minimum atomic E-state index is -0.203. The third-order valence-corrected chi connectivity index (χ3v) is 5.25. The summed E-state index contributed by atoms with van der Waals surface area (Å²) in [7, 11) is 1.64. The number of hydrogen-bond donors (Lipinski definition) is 1. The van der Waals surface area contributed by atoms with E-state index in [1.807, 2.05) is 56.3 Å². The summed E-state index contributed by atoms with van der Waals surface area (Å²) in [6, 6.07) is 13.5. The standard InChI is InChI=1S/C20H23ClN2O2S/c1-14-8-9-15(2)18(10-14)22-19(24)11-23(3)20(25)13-26-12-16-6-4-5-7-17(16)21/h4-10H,11-13H2,1-3H3,(H,22,24). The van der Waals surface area contributed by atoms with Crippen LogP contribution < -0.4 is 5.32 Å². The zero-order chi connectivity index (χ0) is 19.1. The summed E-state index contributed by atoms with van der Waals surface area (Å²) in [6.07, 6.45) is 0. The maximum Gasteiger partial charge on any atom is 0.243 e. The van der Waals surface area contributed by atoms with E-state index < -0.39 is 0 Å². The van der Waals surface area contributed by atoms with Crippen molar-refractivity contribution in [3.05, 3.63) is 64.2 Å². The number of carbonyl (C=O) groups excluding carboxylic acids is 2. The molecule has 26 heavy (non-hydrogen) atoms. The molecule has 0 saturated carbocycles. The molecule has 0 radical (unpaired) electrons. The van der Waals surface area contributed by atoms with Crippen molar-refractivity contribution < 1.29 is 9.59 Å². The number of thioether (sulfide) groups is 1. The molecule has 0 fully saturated rings. The van der Waals surface area contributed by atoms with Gasteiger partial charge in [-0.05, 0) is 42.7 Å². The van der Waals surface area contributed by atoms with Gasteiger partial charge in [-0.2, -0.15) is 0 Å². The SMILES string of the molecule is Cc1ccc(C)c(NC(=O)CN(C)C(=O)CSCc2ccccc2Cl)c1. The van der Waals surface area contributed by atoms with Crippen LogP contribution >= 0.6 is 23.4 Å². The van der Waals surface area contributed by atoms with Crippen LogP contribution in [0.25, 0.3) is 0 Å². The molecule has 1 N–H and O–H groups in total. The quantitative estimate of drug-likeness (QED) is 0.767. The Morgan fingerprint density at radius 2 is 1.88 bits per heavy atom. The molecule has 0 aliphatic carbocycles. The number of likely N-dealkylation sites (N-methyl/N-ethyl adjacent to an activating group) is 1.